The monoisotopic (exact) mass is 288 g/mol. The van der Waals surface area contributed by atoms with Crippen molar-refractivity contribution < 1.29 is 4.79 Å². The Kier molecular flexibility index (Phi) is 4.09. The van der Waals surface area contributed by atoms with Gasteiger partial charge in [-0.2, -0.15) is 0 Å². The SMILES string of the molecule is CC(C)(C)NC(=O)c1ccnc(-c2ccc(Cl)cc2)c1. The standard InChI is InChI=1S/C16H17ClN2O/c1-16(2,3)19-15(20)12-8-9-18-14(10-12)11-4-6-13(17)7-5-11/h4-10H,1-3H3,(H,19,20). The van der Waals surface area contributed by atoms with Crippen molar-refractivity contribution >= 4 is 17.5 Å². The molecule has 0 aliphatic heterocycles. The molecule has 3 nitrogen and oxygen atoms in total. The highest BCUT2D eigenvalue weighted by atomic mass is 35.5. The van der Waals surface area contributed by atoms with Crippen LogP contribution in [0.2, 0.25) is 5.02 Å². The van der Waals surface area contributed by atoms with E-state index >= 15 is 0 Å². The van der Waals surface area contributed by atoms with Gasteiger partial charge in [0, 0.05) is 27.9 Å². The minimum atomic E-state index is -0.263. The van der Waals surface area contributed by atoms with E-state index in [0.29, 0.717) is 10.6 Å². The smallest absolute Gasteiger partial charge is 0.251 e. The molecule has 20 heavy (non-hydrogen) atoms. The molecule has 0 radical (unpaired) electrons. The van der Waals surface area contributed by atoms with E-state index in [1.165, 1.54) is 0 Å². The normalized spacial score (nSPS) is 11.2. The fourth-order valence-corrected chi connectivity index (χ4v) is 1.89. The lowest BCUT2D eigenvalue weighted by Crippen LogP contribution is -2.40. The molecular weight excluding hydrogens is 272 g/mol. The maximum atomic E-state index is 12.1. The van der Waals surface area contributed by atoms with Crippen molar-refractivity contribution in [1.29, 1.82) is 0 Å². The van der Waals surface area contributed by atoms with Crippen LogP contribution in [0.25, 0.3) is 11.3 Å². The first-order chi connectivity index (χ1) is 9.35. The molecule has 0 aliphatic carbocycles. The second-order valence-corrected chi connectivity index (χ2v) is 6.08. The maximum absolute atomic E-state index is 12.1. The van der Waals surface area contributed by atoms with Crippen molar-refractivity contribution in [2.45, 2.75) is 26.3 Å². The summed E-state index contributed by atoms with van der Waals surface area (Å²) in [5.41, 5.74) is 2.02. The lowest BCUT2D eigenvalue weighted by Gasteiger charge is -2.20. The fraction of sp³-hybridized carbons (Fsp3) is 0.250. The largest absolute Gasteiger partial charge is 0.347 e. The van der Waals surface area contributed by atoms with E-state index in [-0.39, 0.29) is 11.4 Å². The third-order valence-electron chi connectivity index (χ3n) is 2.65. The number of halogens is 1. The lowest BCUT2D eigenvalue weighted by atomic mass is 10.1. The van der Waals surface area contributed by atoms with Crippen LogP contribution in [0.4, 0.5) is 0 Å². The Morgan fingerprint density at radius 3 is 2.40 bits per heavy atom. The molecule has 0 aliphatic rings. The van der Waals surface area contributed by atoms with Crippen LogP contribution in [0.1, 0.15) is 31.1 Å². The Labute approximate surface area is 124 Å². The van der Waals surface area contributed by atoms with Crippen LogP contribution in [0.3, 0.4) is 0 Å². The predicted octanol–water partition coefficient (Wildman–Crippen LogP) is 3.93. The number of rotatable bonds is 2. The van der Waals surface area contributed by atoms with Gasteiger partial charge in [0.25, 0.3) is 5.91 Å². The van der Waals surface area contributed by atoms with Gasteiger partial charge in [0.1, 0.15) is 0 Å². The zero-order valence-corrected chi connectivity index (χ0v) is 12.5. The summed E-state index contributed by atoms with van der Waals surface area (Å²) in [6, 6.07) is 10.9. The zero-order valence-electron chi connectivity index (χ0n) is 11.8. The summed E-state index contributed by atoms with van der Waals surface area (Å²) in [7, 11) is 0. The summed E-state index contributed by atoms with van der Waals surface area (Å²) in [5, 5.41) is 3.61. The number of benzene rings is 1. The van der Waals surface area contributed by atoms with Gasteiger partial charge in [-0.25, -0.2) is 0 Å². The Balaban J connectivity index is 2.28. The Hall–Kier alpha value is -1.87. The predicted molar refractivity (Wildman–Crippen MR) is 81.9 cm³/mol. The molecule has 4 heteroatoms. The summed E-state index contributed by atoms with van der Waals surface area (Å²) in [6.07, 6.45) is 1.64. The summed E-state index contributed by atoms with van der Waals surface area (Å²) < 4.78 is 0. The number of amides is 1. The highest BCUT2D eigenvalue weighted by Crippen LogP contribution is 2.20. The molecule has 2 rings (SSSR count). The van der Waals surface area contributed by atoms with Gasteiger partial charge in [0.05, 0.1) is 5.69 Å². The summed E-state index contributed by atoms with van der Waals surface area (Å²) in [6.45, 7) is 5.85. The van der Waals surface area contributed by atoms with Gasteiger partial charge in [-0.15, -0.1) is 0 Å². The van der Waals surface area contributed by atoms with Crippen LogP contribution in [0.15, 0.2) is 42.6 Å². The third-order valence-corrected chi connectivity index (χ3v) is 2.90. The number of hydrogen-bond donors (Lipinski definition) is 1. The van der Waals surface area contributed by atoms with Gasteiger partial charge in [-0.1, -0.05) is 23.7 Å². The first kappa shape index (κ1) is 14.5. The summed E-state index contributed by atoms with van der Waals surface area (Å²) >= 11 is 5.87. The molecule has 104 valence electrons. The van der Waals surface area contributed by atoms with Crippen molar-refractivity contribution in [1.82, 2.24) is 10.3 Å². The maximum Gasteiger partial charge on any atom is 0.251 e. The number of aromatic nitrogens is 1. The van der Waals surface area contributed by atoms with Crippen molar-refractivity contribution in [3.63, 3.8) is 0 Å². The van der Waals surface area contributed by atoms with Crippen LogP contribution in [-0.2, 0) is 0 Å². The molecule has 1 heterocycles. The molecule has 0 fully saturated rings. The van der Waals surface area contributed by atoms with Crippen LogP contribution >= 0.6 is 11.6 Å². The first-order valence-corrected chi connectivity index (χ1v) is 6.77. The highest BCUT2D eigenvalue weighted by Gasteiger charge is 2.15. The molecular formula is C16H17ClN2O. The molecule has 0 saturated carbocycles. The van der Waals surface area contributed by atoms with Gasteiger partial charge in [-0.3, -0.25) is 9.78 Å². The molecule has 1 aromatic heterocycles. The van der Waals surface area contributed by atoms with E-state index in [2.05, 4.69) is 10.3 Å². The summed E-state index contributed by atoms with van der Waals surface area (Å²) in [5.74, 6) is -0.102. The van der Waals surface area contributed by atoms with Gasteiger partial charge in [-0.05, 0) is 45.0 Å². The second-order valence-electron chi connectivity index (χ2n) is 5.64. The average molecular weight is 289 g/mol. The number of carbonyl (C=O) groups is 1. The quantitative estimate of drug-likeness (QED) is 0.910. The van der Waals surface area contributed by atoms with E-state index < -0.39 is 0 Å². The molecule has 1 aromatic carbocycles. The van der Waals surface area contributed by atoms with Crippen LogP contribution < -0.4 is 5.32 Å². The van der Waals surface area contributed by atoms with Crippen molar-refractivity contribution in [2.75, 3.05) is 0 Å². The van der Waals surface area contributed by atoms with Crippen molar-refractivity contribution in [2.24, 2.45) is 0 Å². The number of hydrogen-bond acceptors (Lipinski definition) is 2. The van der Waals surface area contributed by atoms with Crippen LogP contribution in [-0.4, -0.2) is 16.4 Å². The van der Waals surface area contributed by atoms with Crippen LogP contribution in [0.5, 0.6) is 0 Å². The average Bonchev–Trinajstić information content (AvgIpc) is 2.38. The minimum Gasteiger partial charge on any atom is -0.347 e. The van der Waals surface area contributed by atoms with Gasteiger partial charge in [0.15, 0.2) is 0 Å². The molecule has 0 atom stereocenters. The molecule has 0 unspecified atom stereocenters. The molecule has 0 saturated heterocycles. The Morgan fingerprint density at radius 2 is 1.80 bits per heavy atom. The van der Waals surface area contributed by atoms with Crippen molar-refractivity contribution in [3.05, 3.63) is 53.2 Å². The third kappa shape index (κ3) is 3.81. The van der Waals surface area contributed by atoms with Gasteiger partial charge < -0.3 is 5.32 Å². The fourth-order valence-electron chi connectivity index (χ4n) is 1.76. The van der Waals surface area contributed by atoms with Gasteiger partial charge in [0.2, 0.25) is 0 Å². The number of nitrogens with zero attached hydrogens (tertiary/aromatic N) is 1. The Bertz CT molecular complexity index is 615. The topological polar surface area (TPSA) is 42.0 Å². The van der Waals surface area contributed by atoms with E-state index in [1.54, 1.807) is 30.5 Å². The lowest BCUT2D eigenvalue weighted by molar-refractivity contribution is 0.0919. The van der Waals surface area contributed by atoms with Crippen molar-refractivity contribution in [3.8, 4) is 11.3 Å². The minimum absolute atomic E-state index is 0.102. The first-order valence-electron chi connectivity index (χ1n) is 6.40. The van der Waals surface area contributed by atoms with E-state index in [1.807, 2.05) is 32.9 Å². The second kappa shape index (κ2) is 5.63. The molecule has 1 amide bonds. The molecule has 0 bridgehead atoms. The Morgan fingerprint density at radius 1 is 1.15 bits per heavy atom. The summed E-state index contributed by atoms with van der Waals surface area (Å²) in [4.78, 5) is 16.4. The molecule has 0 spiro atoms. The van der Waals surface area contributed by atoms with E-state index in [9.17, 15) is 4.79 Å². The molecule has 1 N–H and O–H groups in total. The highest BCUT2D eigenvalue weighted by molar-refractivity contribution is 6.30. The van der Waals surface area contributed by atoms with Gasteiger partial charge >= 0.3 is 0 Å². The van der Waals surface area contributed by atoms with E-state index in [0.717, 1.165) is 11.3 Å². The number of pyridine rings is 1. The zero-order chi connectivity index (χ0) is 14.8. The number of carbonyl (C=O) groups excluding carboxylic acids is 1. The van der Waals surface area contributed by atoms with E-state index in [4.69, 9.17) is 11.6 Å². The van der Waals surface area contributed by atoms with Crippen LogP contribution in [0, 0.1) is 0 Å². The molecule has 2 aromatic rings. The number of nitrogens with one attached hydrogen (secondary N) is 1.